The summed E-state index contributed by atoms with van der Waals surface area (Å²) < 4.78 is 12.1. The molecule has 4 atom stereocenters. The summed E-state index contributed by atoms with van der Waals surface area (Å²) in [5.41, 5.74) is 3.42. The number of carbonyl (C=O) groups excluding carboxylic acids is 1. The third-order valence-electron chi connectivity index (χ3n) is 8.66. The number of hydrogen-bond acceptors (Lipinski definition) is 6. The molecule has 0 amide bonds. The van der Waals surface area contributed by atoms with Crippen LogP contribution in [0.1, 0.15) is 71.3 Å². The molecule has 1 spiro atoms. The Balaban J connectivity index is 1.08. The summed E-state index contributed by atoms with van der Waals surface area (Å²) in [6.45, 7) is 3.00. The average molecular weight is 494 g/mol. The third kappa shape index (κ3) is 4.04. The Bertz CT molecular complexity index is 1140. The summed E-state index contributed by atoms with van der Waals surface area (Å²) in [4.78, 5) is 16.6. The minimum Gasteiger partial charge on any atom is -0.493 e. The molecule has 4 aliphatic rings. The number of aliphatic hydroxyl groups excluding tert-OH is 1. The molecule has 6 rings (SSSR count). The van der Waals surface area contributed by atoms with E-state index in [4.69, 9.17) is 9.47 Å². The highest BCUT2D eigenvalue weighted by Crippen LogP contribution is 2.55. The molecule has 5 nitrogen and oxygen atoms in total. The van der Waals surface area contributed by atoms with E-state index < -0.39 is 6.10 Å². The summed E-state index contributed by atoms with van der Waals surface area (Å²) >= 11 is 1.73. The van der Waals surface area contributed by atoms with Gasteiger partial charge in [-0.15, -0.1) is 11.3 Å². The van der Waals surface area contributed by atoms with Gasteiger partial charge in [-0.1, -0.05) is 31.1 Å². The van der Waals surface area contributed by atoms with Gasteiger partial charge in [-0.25, -0.2) is 0 Å². The molecular formula is C29H35NO4S. The van der Waals surface area contributed by atoms with Crippen molar-refractivity contribution in [1.82, 2.24) is 4.90 Å². The maximum atomic E-state index is 12.7. The molecule has 6 heteroatoms. The molecule has 1 aromatic carbocycles. The van der Waals surface area contributed by atoms with Gasteiger partial charge < -0.3 is 14.6 Å². The van der Waals surface area contributed by atoms with E-state index >= 15 is 0 Å². The predicted octanol–water partition coefficient (Wildman–Crippen LogP) is 5.29. The van der Waals surface area contributed by atoms with Crippen LogP contribution < -0.4 is 9.47 Å². The number of thiophene rings is 1. The van der Waals surface area contributed by atoms with Gasteiger partial charge in [0.15, 0.2) is 17.3 Å². The van der Waals surface area contributed by atoms with Crippen LogP contribution in [0.5, 0.6) is 11.5 Å². The van der Waals surface area contributed by atoms with Gasteiger partial charge in [-0.2, -0.15) is 0 Å². The molecule has 0 radical (unpaired) electrons. The first kappa shape index (κ1) is 23.3. The summed E-state index contributed by atoms with van der Waals surface area (Å²) in [7, 11) is 1.70. The molecule has 1 N–H and O–H groups in total. The SMILES string of the molecule is COc1ccc2c3c1O[C@H]1C[C@@H](O)C=C[C@@]31CCN(CCCCCC1CCc3sccc3C1=O)C2. The van der Waals surface area contributed by atoms with E-state index in [0.29, 0.717) is 12.2 Å². The van der Waals surface area contributed by atoms with Crippen LogP contribution in [0.25, 0.3) is 0 Å². The van der Waals surface area contributed by atoms with Gasteiger partial charge in [-0.05, 0) is 68.3 Å². The van der Waals surface area contributed by atoms with Crippen molar-refractivity contribution in [2.45, 2.75) is 75.5 Å². The monoisotopic (exact) mass is 493 g/mol. The quantitative estimate of drug-likeness (QED) is 0.420. The van der Waals surface area contributed by atoms with Gasteiger partial charge in [0.1, 0.15) is 6.10 Å². The molecule has 1 unspecified atom stereocenters. The number of Topliss-reactive ketones (excluding diaryl/α,β-unsaturated/α-hetero) is 1. The lowest BCUT2D eigenvalue weighted by Crippen LogP contribution is -2.43. The molecule has 1 aromatic heterocycles. The van der Waals surface area contributed by atoms with E-state index in [9.17, 15) is 9.90 Å². The predicted molar refractivity (Wildman–Crippen MR) is 138 cm³/mol. The van der Waals surface area contributed by atoms with Crippen molar-refractivity contribution in [3.8, 4) is 11.5 Å². The van der Waals surface area contributed by atoms with Crippen LogP contribution in [-0.4, -0.2) is 48.2 Å². The van der Waals surface area contributed by atoms with Gasteiger partial charge in [0.25, 0.3) is 0 Å². The molecule has 2 aliphatic carbocycles. The van der Waals surface area contributed by atoms with Crippen molar-refractivity contribution in [3.05, 3.63) is 57.3 Å². The van der Waals surface area contributed by atoms with Crippen LogP contribution in [0.15, 0.2) is 35.7 Å². The highest BCUT2D eigenvalue weighted by molar-refractivity contribution is 7.10. The van der Waals surface area contributed by atoms with Crippen LogP contribution in [0.4, 0.5) is 0 Å². The van der Waals surface area contributed by atoms with Gasteiger partial charge >= 0.3 is 0 Å². The number of unbranched alkanes of at least 4 members (excludes halogenated alkanes) is 2. The molecule has 0 fully saturated rings. The second-order valence-corrected chi connectivity index (χ2v) is 11.7. The fourth-order valence-electron chi connectivity index (χ4n) is 6.77. The number of nitrogens with zero attached hydrogens (tertiary/aromatic N) is 1. The highest BCUT2D eigenvalue weighted by atomic mass is 32.1. The lowest BCUT2D eigenvalue weighted by molar-refractivity contribution is 0.0808. The molecule has 35 heavy (non-hydrogen) atoms. The number of ether oxygens (including phenoxy) is 2. The number of hydrogen-bond donors (Lipinski definition) is 1. The standard InChI is InChI=1S/C29H35NO4S/c1-33-23-8-6-20-18-30(15-13-29-12-10-21(31)17-25(29)34-28(23)26(20)29)14-4-2-3-5-19-7-9-24-22(27(19)32)11-16-35-24/h6,8,10-12,16,19,21,25,31H,2-5,7,9,13-15,17-18H2,1H3/t19?,21-,25-,29-/m0/s1. The number of carbonyl (C=O) groups is 1. The van der Waals surface area contributed by atoms with E-state index in [0.717, 1.165) is 75.2 Å². The number of aryl methyl sites for hydroxylation is 1. The zero-order valence-corrected chi connectivity index (χ0v) is 21.3. The normalized spacial score (nSPS) is 29.2. The fraction of sp³-hybridized carbons (Fsp3) is 0.552. The Morgan fingerprint density at radius 2 is 2.17 bits per heavy atom. The van der Waals surface area contributed by atoms with Crippen LogP contribution in [0.3, 0.4) is 0 Å². The summed E-state index contributed by atoms with van der Waals surface area (Å²) in [5.74, 6) is 2.27. The van der Waals surface area contributed by atoms with Gasteiger partial charge in [0.2, 0.25) is 0 Å². The van der Waals surface area contributed by atoms with E-state index in [2.05, 4.69) is 22.4 Å². The molecule has 2 aliphatic heterocycles. The van der Waals surface area contributed by atoms with Gasteiger partial charge in [-0.3, -0.25) is 9.69 Å². The maximum absolute atomic E-state index is 12.7. The number of aliphatic hydroxyl groups is 1. The Morgan fingerprint density at radius 1 is 1.26 bits per heavy atom. The Morgan fingerprint density at radius 3 is 3.06 bits per heavy atom. The fourth-order valence-corrected chi connectivity index (χ4v) is 7.67. The number of rotatable bonds is 7. The van der Waals surface area contributed by atoms with E-state index in [1.807, 2.05) is 18.2 Å². The zero-order valence-electron chi connectivity index (χ0n) is 20.5. The van der Waals surface area contributed by atoms with E-state index in [1.165, 1.54) is 22.4 Å². The maximum Gasteiger partial charge on any atom is 0.167 e. The second-order valence-electron chi connectivity index (χ2n) is 10.7. The minimum absolute atomic E-state index is 0.0377. The molecule has 0 saturated carbocycles. The third-order valence-corrected chi connectivity index (χ3v) is 9.64. The number of ketones is 1. The van der Waals surface area contributed by atoms with E-state index in [-0.39, 0.29) is 17.4 Å². The smallest absolute Gasteiger partial charge is 0.167 e. The van der Waals surface area contributed by atoms with Gasteiger partial charge in [0, 0.05) is 34.9 Å². The first-order valence-electron chi connectivity index (χ1n) is 13.2. The lowest BCUT2D eigenvalue weighted by atomic mass is 9.69. The van der Waals surface area contributed by atoms with Crippen molar-refractivity contribution < 1.29 is 19.4 Å². The molecule has 0 saturated heterocycles. The van der Waals surface area contributed by atoms with Crippen molar-refractivity contribution in [2.24, 2.45) is 5.92 Å². The van der Waals surface area contributed by atoms with Crippen LogP contribution >= 0.6 is 11.3 Å². The van der Waals surface area contributed by atoms with Crippen molar-refractivity contribution >= 4 is 17.1 Å². The van der Waals surface area contributed by atoms with Crippen molar-refractivity contribution in [1.29, 1.82) is 0 Å². The summed E-state index contributed by atoms with van der Waals surface area (Å²) in [5, 5.41) is 12.3. The Kier molecular flexibility index (Phi) is 6.23. The topological polar surface area (TPSA) is 59.0 Å². The molecule has 3 heterocycles. The number of benzene rings is 1. The number of fused-ring (bicyclic) bond motifs is 1. The molecular weight excluding hydrogens is 458 g/mol. The van der Waals surface area contributed by atoms with E-state index in [1.54, 1.807) is 18.4 Å². The minimum atomic E-state index is -0.448. The Hall–Kier alpha value is -2.15. The Labute approximate surface area is 211 Å². The van der Waals surface area contributed by atoms with Crippen LogP contribution in [0.2, 0.25) is 0 Å². The first-order chi connectivity index (χ1) is 17.1. The number of methoxy groups -OCH3 is 1. The first-order valence-corrected chi connectivity index (χ1v) is 14.0. The van der Waals surface area contributed by atoms with Crippen LogP contribution in [-0.2, 0) is 18.4 Å². The summed E-state index contributed by atoms with van der Waals surface area (Å²) in [6.07, 6.45) is 11.9. The van der Waals surface area contributed by atoms with Crippen molar-refractivity contribution in [2.75, 3.05) is 20.2 Å². The summed E-state index contributed by atoms with van der Waals surface area (Å²) in [6, 6.07) is 6.25. The lowest BCUT2D eigenvalue weighted by Gasteiger charge is -2.36. The van der Waals surface area contributed by atoms with Crippen LogP contribution in [0, 0.1) is 5.92 Å². The second kappa shape index (κ2) is 9.38. The average Bonchev–Trinajstić information content (AvgIpc) is 3.43. The molecule has 186 valence electrons. The highest BCUT2D eigenvalue weighted by Gasteiger charge is 2.52. The molecule has 2 aromatic rings. The van der Waals surface area contributed by atoms with Gasteiger partial charge in [0.05, 0.1) is 18.6 Å². The zero-order chi connectivity index (χ0) is 24.0. The largest absolute Gasteiger partial charge is 0.493 e. The molecule has 0 bridgehead atoms. The van der Waals surface area contributed by atoms with Crippen molar-refractivity contribution in [3.63, 3.8) is 0 Å².